The van der Waals surface area contributed by atoms with Crippen molar-refractivity contribution in [2.45, 2.75) is 43.0 Å². The van der Waals surface area contributed by atoms with Gasteiger partial charge in [0.05, 0.1) is 0 Å². The minimum atomic E-state index is -0.518. The SMILES string of the molecule is CN(c1cccc(SNC(N)=O)c1)C1CCCCC1. The average molecular weight is 279 g/mol. The van der Waals surface area contributed by atoms with Crippen molar-refractivity contribution in [1.29, 1.82) is 0 Å². The number of nitrogens with zero attached hydrogens (tertiary/aromatic N) is 1. The first-order valence-corrected chi connectivity index (χ1v) is 7.53. The lowest BCUT2D eigenvalue weighted by molar-refractivity contribution is 0.254. The Bertz CT molecular complexity index is 432. The highest BCUT2D eigenvalue weighted by atomic mass is 32.2. The molecule has 0 aliphatic heterocycles. The standard InChI is InChI=1S/C14H21N3OS/c1-17(11-6-3-2-4-7-11)12-8-5-9-13(10-12)19-16-14(15)18/h5,8-11H,2-4,6-7H2,1H3,(H3,15,16,18). The van der Waals surface area contributed by atoms with Crippen molar-refractivity contribution in [3.8, 4) is 0 Å². The van der Waals surface area contributed by atoms with Gasteiger partial charge in [0.25, 0.3) is 0 Å². The molecule has 1 aromatic rings. The lowest BCUT2D eigenvalue weighted by Crippen LogP contribution is -2.33. The summed E-state index contributed by atoms with van der Waals surface area (Å²) < 4.78 is 2.54. The Morgan fingerprint density at radius 2 is 2.11 bits per heavy atom. The minimum Gasteiger partial charge on any atom is -0.372 e. The van der Waals surface area contributed by atoms with Crippen LogP contribution in [0.3, 0.4) is 0 Å². The molecule has 104 valence electrons. The Hall–Kier alpha value is -1.36. The van der Waals surface area contributed by atoms with E-state index >= 15 is 0 Å². The van der Waals surface area contributed by atoms with Crippen LogP contribution in [-0.2, 0) is 0 Å². The Morgan fingerprint density at radius 3 is 2.79 bits per heavy atom. The topological polar surface area (TPSA) is 58.4 Å². The lowest BCUT2D eigenvalue weighted by Gasteiger charge is -2.33. The third-order valence-corrected chi connectivity index (χ3v) is 4.41. The summed E-state index contributed by atoms with van der Waals surface area (Å²) in [4.78, 5) is 14.1. The summed E-state index contributed by atoms with van der Waals surface area (Å²) in [6.07, 6.45) is 6.56. The van der Waals surface area contributed by atoms with Crippen LogP contribution in [0.15, 0.2) is 29.2 Å². The van der Waals surface area contributed by atoms with Gasteiger partial charge in [-0.1, -0.05) is 25.3 Å². The molecule has 1 aromatic carbocycles. The van der Waals surface area contributed by atoms with Gasteiger partial charge in [0, 0.05) is 23.7 Å². The van der Waals surface area contributed by atoms with Crippen LogP contribution >= 0.6 is 11.9 Å². The molecule has 5 heteroatoms. The zero-order valence-corrected chi connectivity index (χ0v) is 12.1. The van der Waals surface area contributed by atoms with Crippen molar-refractivity contribution in [2.75, 3.05) is 11.9 Å². The monoisotopic (exact) mass is 279 g/mol. The van der Waals surface area contributed by atoms with Gasteiger partial charge in [0.2, 0.25) is 0 Å². The predicted molar refractivity (Wildman–Crippen MR) is 80.3 cm³/mol. The largest absolute Gasteiger partial charge is 0.372 e. The van der Waals surface area contributed by atoms with Gasteiger partial charge in [0.15, 0.2) is 0 Å². The van der Waals surface area contributed by atoms with E-state index in [1.54, 1.807) is 0 Å². The van der Waals surface area contributed by atoms with E-state index in [0.717, 1.165) is 4.90 Å². The summed E-state index contributed by atoms with van der Waals surface area (Å²) >= 11 is 1.26. The van der Waals surface area contributed by atoms with Crippen LogP contribution in [0.2, 0.25) is 0 Å². The fraction of sp³-hybridized carbons (Fsp3) is 0.500. The fourth-order valence-corrected chi connectivity index (χ4v) is 3.10. The van der Waals surface area contributed by atoms with E-state index in [4.69, 9.17) is 5.73 Å². The molecule has 1 fully saturated rings. The molecule has 3 N–H and O–H groups in total. The molecule has 2 amide bonds. The normalized spacial score (nSPS) is 16.1. The van der Waals surface area contributed by atoms with Gasteiger partial charge in [-0.15, -0.1) is 0 Å². The molecule has 0 spiro atoms. The van der Waals surface area contributed by atoms with E-state index in [9.17, 15) is 4.79 Å². The maximum absolute atomic E-state index is 10.7. The van der Waals surface area contributed by atoms with E-state index in [0.29, 0.717) is 6.04 Å². The van der Waals surface area contributed by atoms with Crippen molar-refractivity contribution in [3.05, 3.63) is 24.3 Å². The Labute approximate surface area is 118 Å². The highest BCUT2D eigenvalue weighted by Gasteiger charge is 2.18. The molecule has 0 atom stereocenters. The minimum absolute atomic E-state index is 0.518. The number of urea groups is 1. The number of carbonyl (C=O) groups excluding carboxylic acids is 1. The van der Waals surface area contributed by atoms with Crippen LogP contribution in [0.5, 0.6) is 0 Å². The highest BCUT2D eigenvalue weighted by molar-refractivity contribution is 7.98. The maximum atomic E-state index is 10.7. The number of nitrogens with one attached hydrogen (secondary N) is 1. The van der Waals surface area contributed by atoms with Crippen LogP contribution in [0.25, 0.3) is 0 Å². The maximum Gasteiger partial charge on any atom is 0.322 e. The number of carbonyl (C=O) groups is 1. The zero-order valence-electron chi connectivity index (χ0n) is 11.3. The highest BCUT2D eigenvalue weighted by Crippen LogP contribution is 2.28. The summed E-state index contributed by atoms with van der Waals surface area (Å²) in [7, 11) is 2.15. The number of benzene rings is 1. The molecule has 1 saturated carbocycles. The summed E-state index contributed by atoms with van der Waals surface area (Å²) in [5.41, 5.74) is 6.27. The van der Waals surface area contributed by atoms with Crippen LogP contribution in [0.1, 0.15) is 32.1 Å². The van der Waals surface area contributed by atoms with Gasteiger partial charge in [-0.25, -0.2) is 4.79 Å². The lowest BCUT2D eigenvalue weighted by atomic mass is 9.94. The van der Waals surface area contributed by atoms with Gasteiger partial charge in [0.1, 0.15) is 0 Å². The van der Waals surface area contributed by atoms with Gasteiger partial charge < -0.3 is 10.6 Å². The number of hydrogen-bond acceptors (Lipinski definition) is 3. The number of nitrogens with two attached hydrogens (primary N) is 1. The molecule has 0 heterocycles. The van der Waals surface area contributed by atoms with Gasteiger partial charge >= 0.3 is 6.03 Å². The van der Waals surface area contributed by atoms with Gasteiger partial charge in [-0.3, -0.25) is 4.72 Å². The van der Waals surface area contributed by atoms with Crippen LogP contribution < -0.4 is 15.4 Å². The number of anilines is 1. The molecule has 1 aliphatic carbocycles. The molecule has 19 heavy (non-hydrogen) atoms. The first-order chi connectivity index (χ1) is 9.16. The molecular formula is C14H21N3OS. The molecule has 0 radical (unpaired) electrons. The third kappa shape index (κ3) is 4.06. The Morgan fingerprint density at radius 1 is 1.37 bits per heavy atom. The van der Waals surface area contributed by atoms with Crippen LogP contribution in [-0.4, -0.2) is 19.1 Å². The number of hydrogen-bond donors (Lipinski definition) is 2. The number of primary amides is 1. The van der Waals surface area contributed by atoms with Crippen molar-refractivity contribution in [2.24, 2.45) is 5.73 Å². The van der Waals surface area contributed by atoms with Gasteiger partial charge in [-0.2, -0.15) is 0 Å². The second kappa shape index (κ2) is 6.70. The smallest absolute Gasteiger partial charge is 0.322 e. The van der Waals surface area contributed by atoms with E-state index in [1.165, 1.54) is 49.7 Å². The zero-order chi connectivity index (χ0) is 13.7. The summed E-state index contributed by atoms with van der Waals surface area (Å²) in [5, 5.41) is 0. The van der Waals surface area contributed by atoms with Crippen LogP contribution in [0, 0.1) is 0 Å². The Balaban J connectivity index is 2.02. The summed E-state index contributed by atoms with van der Waals surface area (Å²) in [6, 6.07) is 8.31. The molecule has 0 saturated heterocycles. The van der Waals surface area contributed by atoms with E-state index < -0.39 is 6.03 Å². The third-order valence-electron chi connectivity index (χ3n) is 3.62. The molecular weight excluding hydrogens is 258 g/mol. The molecule has 0 bridgehead atoms. The van der Waals surface area contributed by atoms with Crippen molar-refractivity contribution in [3.63, 3.8) is 0 Å². The molecule has 1 aliphatic rings. The second-order valence-corrected chi connectivity index (χ2v) is 5.85. The average Bonchev–Trinajstić information content (AvgIpc) is 2.45. The van der Waals surface area contributed by atoms with E-state index in [-0.39, 0.29) is 0 Å². The quantitative estimate of drug-likeness (QED) is 0.832. The first-order valence-electron chi connectivity index (χ1n) is 6.72. The predicted octanol–water partition coefficient (Wildman–Crippen LogP) is 3.13. The molecule has 0 aromatic heterocycles. The van der Waals surface area contributed by atoms with Crippen molar-refractivity contribution >= 4 is 23.7 Å². The summed E-state index contributed by atoms with van der Waals surface area (Å²) in [6.45, 7) is 0. The van der Waals surface area contributed by atoms with E-state index in [1.807, 2.05) is 12.1 Å². The van der Waals surface area contributed by atoms with E-state index in [2.05, 4.69) is 28.8 Å². The molecule has 4 nitrogen and oxygen atoms in total. The van der Waals surface area contributed by atoms with Gasteiger partial charge in [-0.05, 0) is 43.0 Å². The molecule has 0 unspecified atom stereocenters. The summed E-state index contributed by atoms with van der Waals surface area (Å²) in [5.74, 6) is 0. The van der Waals surface area contributed by atoms with Crippen molar-refractivity contribution in [1.82, 2.24) is 4.72 Å². The Kier molecular flexibility index (Phi) is 4.96. The number of amides is 2. The fourth-order valence-electron chi connectivity index (χ4n) is 2.55. The second-order valence-electron chi connectivity index (χ2n) is 4.97. The number of rotatable bonds is 4. The molecule has 2 rings (SSSR count). The first kappa shape index (κ1) is 14.1. The van der Waals surface area contributed by atoms with Crippen LogP contribution in [0.4, 0.5) is 10.5 Å². The van der Waals surface area contributed by atoms with Crippen molar-refractivity contribution < 1.29 is 4.79 Å².